The number of carbonyl (C=O) groups excluding carboxylic acids is 1. The highest BCUT2D eigenvalue weighted by Gasteiger charge is 2.20. The van der Waals surface area contributed by atoms with Crippen LogP contribution in [-0.2, 0) is 18.3 Å². The molecule has 1 amide bonds. The van der Waals surface area contributed by atoms with Gasteiger partial charge in [0.15, 0.2) is 0 Å². The molecule has 0 bridgehead atoms. The van der Waals surface area contributed by atoms with Crippen LogP contribution in [0.1, 0.15) is 18.4 Å². The van der Waals surface area contributed by atoms with Crippen LogP contribution in [0.15, 0.2) is 12.4 Å². The molecule has 1 unspecified atom stereocenters. The van der Waals surface area contributed by atoms with Gasteiger partial charge in [0.1, 0.15) is 0 Å². The van der Waals surface area contributed by atoms with Gasteiger partial charge in [0, 0.05) is 26.3 Å². The van der Waals surface area contributed by atoms with Crippen molar-refractivity contribution in [2.45, 2.75) is 25.3 Å². The number of nitrogens with zero attached hydrogens (tertiary/aromatic N) is 2. The summed E-state index contributed by atoms with van der Waals surface area (Å²) in [6, 6.07) is -0.00887. The highest BCUT2D eigenvalue weighted by molar-refractivity contribution is 5.82. The van der Waals surface area contributed by atoms with Crippen LogP contribution in [0.25, 0.3) is 0 Å². The fourth-order valence-corrected chi connectivity index (χ4v) is 1.96. The van der Waals surface area contributed by atoms with Gasteiger partial charge in [0.05, 0.1) is 12.2 Å². The van der Waals surface area contributed by atoms with Crippen molar-refractivity contribution in [2.24, 2.45) is 7.05 Å². The summed E-state index contributed by atoms with van der Waals surface area (Å²) in [7, 11) is 1.91. The Kier molecular flexibility index (Phi) is 3.56. The maximum atomic E-state index is 11.5. The van der Waals surface area contributed by atoms with Crippen molar-refractivity contribution in [1.29, 1.82) is 0 Å². The standard InChI is InChI=1S/C11H18N4O/c1-15-8-9(7-14-15)4-6-12-10-3-2-5-13-11(10)16/h7-8,10,12H,2-6H2,1H3,(H,13,16). The second-order valence-electron chi connectivity index (χ2n) is 4.21. The largest absolute Gasteiger partial charge is 0.355 e. The maximum absolute atomic E-state index is 11.5. The van der Waals surface area contributed by atoms with Crippen LogP contribution in [0.4, 0.5) is 0 Å². The Bertz CT molecular complexity index is 361. The van der Waals surface area contributed by atoms with Gasteiger partial charge in [-0.3, -0.25) is 9.48 Å². The number of hydrogen-bond acceptors (Lipinski definition) is 3. The molecule has 1 aliphatic rings. The molecule has 0 aromatic carbocycles. The van der Waals surface area contributed by atoms with E-state index in [4.69, 9.17) is 0 Å². The first-order chi connectivity index (χ1) is 7.75. The SMILES string of the molecule is Cn1cc(CCNC2CCCNC2=O)cn1. The van der Waals surface area contributed by atoms with Crippen molar-refractivity contribution in [3.05, 3.63) is 18.0 Å². The predicted octanol–water partition coefficient (Wildman–Crippen LogP) is -0.169. The van der Waals surface area contributed by atoms with E-state index in [9.17, 15) is 4.79 Å². The van der Waals surface area contributed by atoms with Crippen molar-refractivity contribution in [3.63, 3.8) is 0 Å². The van der Waals surface area contributed by atoms with E-state index in [-0.39, 0.29) is 11.9 Å². The van der Waals surface area contributed by atoms with Gasteiger partial charge < -0.3 is 10.6 Å². The van der Waals surface area contributed by atoms with Crippen LogP contribution < -0.4 is 10.6 Å². The summed E-state index contributed by atoms with van der Waals surface area (Å²) in [6.07, 6.45) is 6.79. The topological polar surface area (TPSA) is 59.0 Å². The molecule has 5 heteroatoms. The second-order valence-corrected chi connectivity index (χ2v) is 4.21. The molecular formula is C11H18N4O. The third-order valence-electron chi connectivity index (χ3n) is 2.85. The van der Waals surface area contributed by atoms with Crippen LogP contribution in [-0.4, -0.2) is 34.8 Å². The predicted molar refractivity (Wildman–Crippen MR) is 60.9 cm³/mol. The average Bonchev–Trinajstić information content (AvgIpc) is 2.67. The molecule has 0 radical (unpaired) electrons. The molecule has 88 valence electrons. The molecule has 2 N–H and O–H groups in total. The van der Waals surface area contributed by atoms with Crippen LogP contribution in [0.3, 0.4) is 0 Å². The summed E-state index contributed by atoms with van der Waals surface area (Å²) in [5.41, 5.74) is 1.20. The van der Waals surface area contributed by atoms with E-state index in [2.05, 4.69) is 15.7 Å². The quantitative estimate of drug-likeness (QED) is 0.743. The van der Waals surface area contributed by atoms with Gasteiger partial charge >= 0.3 is 0 Å². The van der Waals surface area contributed by atoms with Crippen LogP contribution in [0.2, 0.25) is 0 Å². The third kappa shape index (κ3) is 2.82. The maximum Gasteiger partial charge on any atom is 0.237 e. The Balaban J connectivity index is 1.73. The van der Waals surface area contributed by atoms with E-state index >= 15 is 0 Å². The molecule has 2 heterocycles. The van der Waals surface area contributed by atoms with Gasteiger partial charge in [-0.2, -0.15) is 5.10 Å². The normalized spacial score (nSPS) is 20.8. The molecule has 0 aliphatic carbocycles. The lowest BCUT2D eigenvalue weighted by molar-refractivity contribution is -0.124. The van der Waals surface area contributed by atoms with Crippen molar-refractivity contribution < 1.29 is 4.79 Å². The number of piperidine rings is 1. The molecular weight excluding hydrogens is 204 g/mol. The fraction of sp³-hybridized carbons (Fsp3) is 0.636. The number of amides is 1. The first-order valence-electron chi connectivity index (χ1n) is 5.74. The minimum absolute atomic E-state index is 0.00887. The molecule has 1 aliphatic heterocycles. The Hall–Kier alpha value is -1.36. The lowest BCUT2D eigenvalue weighted by Crippen LogP contribution is -2.48. The molecule has 16 heavy (non-hydrogen) atoms. The zero-order valence-electron chi connectivity index (χ0n) is 9.57. The van der Waals surface area contributed by atoms with Gasteiger partial charge in [0.25, 0.3) is 0 Å². The number of hydrogen-bond donors (Lipinski definition) is 2. The Morgan fingerprint density at radius 1 is 1.69 bits per heavy atom. The zero-order valence-corrected chi connectivity index (χ0v) is 9.57. The van der Waals surface area contributed by atoms with Crippen molar-refractivity contribution in [1.82, 2.24) is 20.4 Å². The van der Waals surface area contributed by atoms with E-state index in [0.29, 0.717) is 0 Å². The van der Waals surface area contributed by atoms with Gasteiger partial charge in [-0.25, -0.2) is 0 Å². The molecule has 1 aromatic rings. The molecule has 1 aromatic heterocycles. The average molecular weight is 222 g/mol. The molecule has 0 saturated carbocycles. The number of nitrogens with one attached hydrogen (secondary N) is 2. The summed E-state index contributed by atoms with van der Waals surface area (Å²) in [5, 5.41) is 10.3. The van der Waals surface area contributed by atoms with Crippen LogP contribution >= 0.6 is 0 Å². The van der Waals surface area contributed by atoms with E-state index in [0.717, 1.165) is 32.4 Å². The zero-order chi connectivity index (χ0) is 11.4. The molecule has 2 rings (SSSR count). The first kappa shape index (κ1) is 11.1. The summed E-state index contributed by atoms with van der Waals surface area (Å²) in [4.78, 5) is 11.5. The Morgan fingerprint density at radius 2 is 2.56 bits per heavy atom. The highest BCUT2D eigenvalue weighted by Crippen LogP contribution is 2.03. The van der Waals surface area contributed by atoms with Crippen molar-refractivity contribution in [3.8, 4) is 0 Å². The van der Waals surface area contributed by atoms with Crippen LogP contribution in [0, 0.1) is 0 Å². The summed E-state index contributed by atoms with van der Waals surface area (Å²) in [6.45, 7) is 1.64. The van der Waals surface area contributed by atoms with Crippen LogP contribution in [0.5, 0.6) is 0 Å². The minimum Gasteiger partial charge on any atom is -0.355 e. The Morgan fingerprint density at radius 3 is 3.25 bits per heavy atom. The van der Waals surface area contributed by atoms with E-state index in [1.807, 2.05) is 19.4 Å². The molecule has 0 spiro atoms. The summed E-state index contributed by atoms with van der Waals surface area (Å²) < 4.78 is 1.79. The highest BCUT2D eigenvalue weighted by atomic mass is 16.2. The molecule has 1 atom stereocenters. The van der Waals surface area contributed by atoms with Crippen molar-refractivity contribution >= 4 is 5.91 Å². The van der Waals surface area contributed by atoms with Crippen molar-refractivity contribution in [2.75, 3.05) is 13.1 Å². The summed E-state index contributed by atoms with van der Waals surface area (Å²) >= 11 is 0. The van der Waals surface area contributed by atoms with E-state index < -0.39 is 0 Å². The first-order valence-corrected chi connectivity index (χ1v) is 5.74. The number of rotatable bonds is 4. The Labute approximate surface area is 95.2 Å². The smallest absolute Gasteiger partial charge is 0.237 e. The minimum atomic E-state index is -0.00887. The summed E-state index contributed by atoms with van der Waals surface area (Å²) in [5.74, 6) is 0.137. The molecule has 1 fully saturated rings. The van der Waals surface area contributed by atoms with E-state index in [1.165, 1.54) is 5.56 Å². The molecule has 5 nitrogen and oxygen atoms in total. The third-order valence-corrected chi connectivity index (χ3v) is 2.85. The van der Waals surface area contributed by atoms with Gasteiger partial charge in [-0.05, 0) is 24.8 Å². The van der Waals surface area contributed by atoms with Gasteiger partial charge in [-0.1, -0.05) is 0 Å². The lowest BCUT2D eigenvalue weighted by atomic mass is 10.1. The van der Waals surface area contributed by atoms with Gasteiger partial charge in [0.2, 0.25) is 5.91 Å². The van der Waals surface area contributed by atoms with Gasteiger partial charge in [-0.15, -0.1) is 0 Å². The molecule has 1 saturated heterocycles. The fourth-order valence-electron chi connectivity index (χ4n) is 1.96. The van der Waals surface area contributed by atoms with E-state index in [1.54, 1.807) is 4.68 Å². The number of aryl methyl sites for hydroxylation is 1. The number of carbonyl (C=O) groups is 1. The monoisotopic (exact) mass is 222 g/mol. The lowest BCUT2D eigenvalue weighted by Gasteiger charge is -2.22. The number of aromatic nitrogens is 2. The second kappa shape index (κ2) is 5.12.